The fourth-order valence-corrected chi connectivity index (χ4v) is 1.74. The highest BCUT2D eigenvalue weighted by Crippen LogP contribution is 2.14. The Morgan fingerprint density at radius 2 is 2.29 bits per heavy atom. The molecule has 1 saturated heterocycles. The van der Waals surface area contributed by atoms with Crippen LogP contribution in [-0.4, -0.2) is 36.4 Å². The van der Waals surface area contributed by atoms with E-state index in [0.717, 1.165) is 24.6 Å². The van der Waals surface area contributed by atoms with Gasteiger partial charge in [-0.1, -0.05) is 0 Å². The second kappa shape index (κ2) is 3.92. The molecule has 0 aliphatic carbocycles. The zero-order valence-corrected chi connectivity index (χ0v) is 8.70. The van der Waals surface area contributed by atoms with Crippen LogP contribution in [0.4, 0.5) is 5.82 Å². The molecule has 0 bridgehead atoms. The Morgan fingerprint density at radius 1 is 1.43 bits per heavy atom. The number of aromatic nitrogens is 2. The molecule has 14 heavy (non-hydrogen) atoms. The molecule has 76 valence electrons. The van der Waals surface area contributed by atoms with Crippen molar-refractivity contribution in [2.24, 2.45) is 0 Å². The highest BCUT2D eigenvalue weighted by molar-refractivity contribution is 5.37. The normalized spacial score (nSPS) is 21.1. The maximum Gasteiger partial charge on any atom is 0.151 e. The molecule has 4 nitrogen and oxygen atoms in total. The highest BCUT2D eigenvalue weighted by Gasteiger charge is 2.20. The number of hydrogen-bond acceptors (Lipinski definition) is 4. The summed E-state index contributed by atoms with van der Waals surface area (Å²) in [4.78, 5) is 2.20. The van der Waals surface area contributed by atoms with Crippen molar-refractivity contribution < 1.29 is 0 Å². The first kappa shape index (κ1) is 9.40. The number of nitrogens with zero attached hydrogens (tertiary/aromatic N) is 3. The smallest absolute Gasteiger partial charge is 0.151 e. The number of hydrogen-bond donors (Lipinski definition) is 1. The van der Waals surface area contributed by atoms with Gasteiger partial charge in [0.05, 0.1) is 5.69 Å². The minimum atomic E-state index is 0.562. The predicted octanol–water partition coefficient (Wildman–Crippen LogP) is 0.583. The second-order valence-electron chi connectivity index (χ2n) is 3.79. The molecule has 1 N–H and O–H groups in total. The largest absolute Gasteiger partial charge is 0.354 e. The van der Waals surface area contributed by atoms with E-state index in [0.29, 0.717) is 6.04 Å². The molecule has 0 unspecified atom stereocenters. The van der Waals surface area contributed by atoms with E-state index in [9.17, 15) is 0 Å². The van der Waals surface area contributed by atoms with Crippen molar-refractivity contribution in [2.45, 2.75) is 19.4 Å². The van der Waals surface area contributed by atoms with Gasteiger partial charge in [0.15, 0.2) is 5.82 Å². The van der Waals surface area contributed by atoms with Crippen LogP contribution in [0.2, 0.25) is 0 Å². The van der Waals surface area contributed by atoms with Crippen molar-refractivity contribution in [3.8, 4) is 0 Å². The third-order valence-corrected chi connectivity index (χ3v) is 2.73. The fraction of sp³-hybridized carbons (Fsp3) is 0.600. The van der Waals surface area contributed by atoms with Crippen LogP contribution in [0.5, 0.6) is 0 Å². The number of anilines is 1. The average molecular weight is 192 g/mol. The molecular weight excluding hydrogens is 176 g/mol. The van der Waals surface area contributed by atoms with Gasteiger partial charge in [0.25, 0.3) is 0 Å². The van der Waals surface area contributed by atoms with E-state index in [4.69, 9.17) is 0 Å². The Kier molecular flexibility index (Phi) is 2.63. The average Bonchev–Trinajstić information content (AvgIpc) is 2.71. The molecule has 2 rings (SSSR count). The number of rotatable bonds is 2. The maximum atomic E-state index is 4.17. The van der Waals surface area contributed by atoms with E-state index in [1.54, 1.807) is 0 Å². The Labute approximate surface area is 84.3 Å². The molecule has 1 aromatic rings. The molecule has 1 fully saturated rings. The van der Waals surface area contributed by atoms with Crippen LogP contribution < -0.4 is 10.2 Å². The van der Waals surface area contributed by atoms with E-state index in [1.807, 2.05) is 19.1 Å². The lowest BCUT2D eigenvalue weighted by atomic mass is 10.2. The van der Waals surface area contributed by atoms with Gasteiger partial charge in [-0.2, -0.15) is 5.10 Å². The van der Waals surface area contributed by atoms with Crippen LogP contribution in [0.1, 0.15) is 12.1 Å². The molecule has 1 aliphatic heterocycles. The summed E-state index contributed by atoms with van der Waals surface area (Å²) < 4.78 is 0. The van der Waals surface area contributed by atoms with Gasteiger partial charge >= 0.3 is 0 Å². The van der Waals surface area contributed by atoms with Gasteiger partial charge in [0.2, 0.25) is 0 Å². The van der Waals surface area contributed by atoms with Crippen molar-refractivity contribution in [3.63, 3.8) is 0 Å². The molecule has 0 spiro atoms. The molecule has 0 aromatic carbocycles. The van der Waals surface area contributed by atoms with E-state index in [2.05, 4.69) is 27.5 Å². The van der Waals surface area contributed by atoms with E-state index < -0.39 is 0 Å². The highest BCUT2D eigenvalue weighted by atomic mass is 15.3. The second-order valence-corrected chi connectivity index (χ2v) is 3.79. The first-order chi connectivity index (χ1) is 6.77. The Bertz CT molecular complexity index is 289. The summed E-state index contributed by atoms with van der Waals surface area (Å²) in [5, 5.41) is 11.6. The van der Waals surface area contributed by atoms with Gasteiger partial charge < -0.3 is 10.2 Å². The van der Waals surface area contributed by atoms with Crippen LogP contribution >= 0.6 is 0 Å². The fourth-order valence-electron chi connectivity index (χ4n) is 1.74. The monoisotopic (exact) mass is 192 g/mol. The number of likely N-dealkylation sites (N-methyl/N-ethyl adjacent to an activating group) is 1. The van der Waals surface area contributed by atoms with Crippen LogP contribution in [0.3, 0.4) is 0 Å². The van der Waals surface area contributed by atoms with E-state index in [-0.39, 0.29) is 0 Å². The molecule has 0 saturated carbocycles. The van der Waals surface area contributed by atoms with E-state index in [1.165, 1.54) is 6.42 Å². The third-order valence-electron chi connectivity index (χ3n) is 2.73. The summed E-state index contributed by atoms with van der Waals surface area (Å²) in [6.45, 7) is 4.11. The van der Waals surface area contributed by atoms with Gasteiger partial charge in [-0.25, -0.2) is 0 Å². The van der Waals surface area contributed by atoms with Crippen molar-refractivity contribution in [1.82, 2.24) is 15.5 Å². The molecule has 0 amide bonds. The zero-order chi connectivity index (χ0) is 9.97. The summed E-state index contributed by atoms with van der Waals surface area (Å²) in [5.41, 5.74) is 0.965. The quantitative estimate of drug-likeness (QED) is 0.744. The van der Waals surface area contributed by atoms with Crippen LogP contribution in [0.15, 0.2) is 12.1 Å². The van der Waals surface area contributed by atoms with Crippen molar-refractivity contribution in [2.75, 3.05) is 25.0 Å². The lowest BCUT2D eigenvalue weighted by molar-refractivity contribution is 0.671. The summed E-state index contributed by atoms with van der Waals surface area (Å²) in [6, 6.07) is 4.59. The maximum absolute atomic E-state index is 4.17. The lowest BCUT2D eigenvalue weighted by Gasteiger charge is -2.24. The van der Waals surface area contributed by atoms with Gasteiger partial charge in [-0.05, 0) is 32.0 Å². The topological polar surface area (TPSA) is 41.0 Å². The molecule has 1 atom stereocenters. The first-order valence-corrected chi connectivity index (χ1v) is 5.01. The standard InChI is InChI=1S/C10H16N4/c1-8-3-4-10(13-12-8)14(2)9-5-6-11-7-9/h3-4,9,11H,5-7H2,1-2H3/t9-/m1/s1. The Balaban J connectivity index is 2.09. The zero-order valence-electron chi connectivity index (χ0n) is 8.70. The number of aryl methyl sites for hydroxylation is 1. The summed E-state index contributed by atoms with van der Waals surface area (Å²) in [6.07, 6.45) is 1.19. The minimum Gasteiger partial charge on any atom is -0.354 e. The van der Waals surface area contributed by atoms with Crippen molar-refractivity contribution >= 4 is 5.82 Å². The predicted molar refractivity (Wildman–Crippen MR) is 56.4 cm³/mol. The van der Waals surface area contributed by atoms with Crippen LogP contribution in [-0.2, 0) is 0 Å². The molecule has 4 heteroatoms. The Hall–Kier alpha value is -1.16. The van der Waals surface area contributed by atoms with Crippen LogP contribution in [0.25, 0.3) is 0 Å². The molecule has 2 heterocycles. The van der Waals surface area contributed by atoms with Gasteiger partial charge in [-0.15, -0.1) is 5.10 Å². The SMILES string of the molecule is Cc1ccc(N(C)[C@@H]2CCNC2)nn1. The molecule has 1 aliphatic rings. The summed E-state index contributed by atoms with van der Waals surface area (Å²) in [7, 11) is 2.08. The van der Waals surface area contributed by atoms with Crippen molar-refractivity contribution in [3.05, 3.63) is 17.8 Å². The molecule has 1 aromatic heterocycles. The van der Waals surface area contributed by atoms with Gasteiger partial charge in [-0.3, -0.25) is 0 Å². The Morgan fingerprint density at radius 3 is 2.86 bits per heavy atom. The summed E-state index contributed by atoms with van der Waals surface area (Å²) >= 11 is 0. The van der Waals surface area contributed by atoms with Gasteiger partial charge in [0.1, 0.15) is 0 Å². The minimum absolute atomic E-state index is 0.562. The number of nitrogens with one attached hydrogen (secondary N) is 1. The van der Waals surface area contributed by atoms with Crippen LogP contribution in [0, 0.1) is 6.92 Å². The van der Waals surface area contributed by atoms with E-state index >= 15 is 0 Å². The van der Waals surface area contributed by atoms with Crippen molar-refractivity contribution in [1.29, 1.82) is 0 Å². The summed E-state index contributed by atoms with van der Waals surface area (Å²) in [5.74, 6) is 0.962. The third kappa shape index (κ3) is 1.85. The van der Waals surface area contributed by atoms with Gasteiger partial charge in [0, 0.05) is 19.6 Å². The lowest BCUT2D eigenvalue weighted by Crippen LogP contribution is -2.34. The molecular formula is C10H16N4. The molecule has 0 radical (unpaired) electrons. The first-order valence-electron chi connectivity index (χ1n) is 5.01.